The fourth-order valence-electron chi connectivity index (χ4n) is 3.08. The molecule has 0 bridgehead atoms. The van der Waals surface area contributed by atoms with Gasteiger partial charge in [-0.25, -0.2) is 8.78 Å². The molecule has 2 aromatic rings. The molecule has 0 aliphatic heterocycles. The van der Waals surface area contributed by atoms with Crippen molar-refractivity contribution in [2.24, 2.45) is 0 Å². The molecule has 1 amide bonds. The van der Waals surface area contributed by atoms with Crippen LogP contribution in [0.2, 0.25) is 0 Å². The molecule has 0 heterocycles. The minimum absolute atomic E-state index is 0.0843. The molecule has 5 heteroatoms. The predicted octanol–water partition coefficient (Wildman–Crippen LogP) is 4.10. The van der Waals surface area contributed by atoms with Crippen LogP contribution in [-0.4, -0.2) is 30.4 Å². The van der Waals surface area contributed by atoms with Crippen molar-refractivity contribution in [2.45, 2.75) is 32.7 Å². The van der Waals surface area contributed by atoms with Crippen molar-refractivity contribution >= 4 is 5.91 Å². The van der Waals surface area contributed by atoms with Gasteiger partial charge in [0.25, 0.3) is 0 Å². The number of halogens is 2. The highest BCUT2D eigenvalue weighted by molar-refractivity contribution is 5.76. The van der Waals surface area contributed by atoms with Crippen molar-refractivity contribution < 1.29 is 13.6 Å². The summed E-state index contributed by atoms with van der Waals surface area (Å²) in [5, 5.41) is 2.94. The number of aryl methyl sites for hydroxylation is 1. The second-order valence-electron chi connectivity index (χ2n) is 6.19. The summed E-state index contributed by atoms with van der Waals surface area (Å²) in [5.74, 6) is -1.14. The maximum atomic E-state index is 13.6. The van der Waals surface area contributed by atoms with Gasteiger partial charge in [0.2, 0.25) is 5.91 Å². The summed E-state index contributed by atoms with van der Waals surface area (Å²) in [6, 6.07) is 13.4. The highest BCUT2D eigenvalue weighted by Gasteiger charge is 2.18. The average molecular weight is 360 g/mol. The highest BCUT2D eigenvalue weighted by Crippen LogP contribution is 2.19. The van der Waals surface area contributed by atoms with E-state index < -0.39 is 11.6 Å². The maximum Gasteiger partial charge on any atom is 0.220 e. The van der Waals surface area contributed by atoms with Gasteiger partial charge in [0.15, 0.2) is 0 Å². The van der Waals surface area contributed by atoms with E-state index in [4.69, 9.17) is 0 Å². The minimum atomic E-state index is -0.493. The van der Waals surface area contributed by atoms with Crippen molar-refractivity contribution in [3.05, 3.63) is 71.3 Å². The molecule has 0 fully saturated rings. The van der Waals surface area contributed by atoms with Gasteiger partial charge in [-0.15, -0.1) is 0 Å². The Bertz CT molecular complexity index is 702. The molecule has 0 saturated heterocycles. The SMILES string of the molecule is CCN(CC)C(CNC(=O)CCc1cc(F)ccc1F)c1ccccc1. The number of hydrogen-bond donors (Lipinski definition) is 1. The molecule has 140 valence electrons. The van der Waals surface area contributed by atoms with E-state index in [0.717, 1.165) is 36.9 Å². The number of carbonyl (C=O) groups excluding carboxylic acids is 1. The molecule has 1 N–H and O–H groups in total. The van der Waals surface area contributed by atoms with Crippen LogP contribution in [0, 0.1) is 11.6 Å². The average Bonchev–Trinajstić information content (AvgIpc) is 2.66. The van der Waals surface area contributed by atoms with Crippen molar-refractivity contribution in [3.8, 4) is 0 Å². The van der Waals surface area contributed by atoms with Crippen LogP contribution >= 0.6 is 0 Å². The van der Waals surface area contributed by atoms with E-state index in [-0.39, 0.29) is 30.4 Å². The number of benzene rings is 2. The summed E-state index contributed by atoms with van der Waals surface area (Å²) in [4.78, 5) is 14.5. The van der Waals surface area contributed by atoms with E-state index >= 15 is 0 Å². The summed E-state index contributed by atoms with van der Waals surface area (Å²) in [6.45, 7) is 6.42. The molecule has 1 atom stereocenters. The second kappa shape index (κ2) is 10.0. The standard InChI is InChI=1S/C21H26F2N2O/c1-3-25(4-2)20(16-8-6-5-7-9-16)15-24-21(26)13-10-17-14-18(22)11-12-19(17)23/h5-9,11-12,14,20H,3-4,10,13,15H2,1-2H3,(H,24,26). The zero-order chi connectivity index (χ0) is 18.9. The lowest BCUT2D eigenvalue weighted by Crippen LogP contribution is -2.38. The summed E-state index contributed by atoms with van der Waals surface area (Å²) < 4.78 is 26.9. The zero-order valence-corrected chi connectivity index (χ0v) is 15.3. The number of nitrogens with zero attached hydrogens (tertiary/aromatic N) is 1. The van der Waals surface area contributed by atoms with Gasteiger partial charge in [0.1, 0.15) is 11.6 Å². The number of nitrogens with one attached hydrogen (secondary N) is 1. The fraction of sp³-hybridized carbons (Fsp3) is 0.381. The Balaban J connectivity index is 1.95. The number of rotatable bonds is 9. The lowest BCUT2D eigenvalue weighted by atomic mass is 10.0. The Morgan fingerprint density at radius 3 is 2.42 bits per heavy atom. The molecule has 1 unspecified atom stereocenters. The Kier molecular flexibility index (Phi) is 7.73. The molecular formula is C21H26F2N2O. The molecule has 0 spiro atoms. The molecule has 0 saturated carbocycles. The van der Waals surface area contributed by atoms with Crippen molar-refractivity contribution in [3.63, 3.8) is 0 Å². The Labute approximate surface area is 154 Å². The summed E-state index contributed by atoms with van der Waals surface area (Å²) in [7, 11) is 0. The smallest absolute Gasteiger partial charge is 0.220 e. The molecule has 2 aromatic carbocycles. The third kappa shape index (κ3) is 5.63. The first-order valence-corrected chi connectivity index (χ1v) is 9.04. The summed E-state index contributed by atoms with van der Waals surface area (Å²) in [6.07, 6.45) is 0.302. The van der Waals surface area contributed by atoms with Crippen molar-refractivity contribution in [1.82, 2.24) is 10.2 Å². The van der Waals surface area contributed by atoms with Gasteiger partial charge in [0, 0.05) is 13.0 Å². The Morgan fingerprint density at radius 2 is 1.77 bits per heavy atom. The first-order valence-electron chi connectivity index (χ1n) is 9.04. The molecular weight excluding hydrogens is 334 g/mol. The summed E-state index contributed by atoms with van der Waals surface area (Å²) in [5.41, 5.74) is 1.37. The number of likely N-dealkylation sites (N-methyl/N-ethyl adjacent to an activating group) is 1. The van der Waals surface area contributed by atoms with Crippen LogP contribution in [0.1, 0.15) is 37.4 Å². The molecule has 3 nitrogen and oxygen atoms in total. The summed E-state index contributed by atoms with van der Waals surface area (Å²) >= 11 is 0. The lowest BCUT2D eigenvalue weighted by Gasteiger charge is -2.30. The van der Waals surface area contributed by atoms with E-state index in [1.54, 1.807) is 0 Å². The number of amides is 1. The largest absolute Gasteiger partial charge is 0.354 e. The predicted molar refractivity (Wildman–Crippen MR) is 99.8 cm³/mol. The fourth-order valence-corrected chi connectivity index (χ4v) is 3.08. The van der Waals surface area contributed by atoms with Crippen LogP contribution in [0.4, 0.5) is 8.78 Å². The van der Waals surface area contributed by atoms with E-state index in [9.17, 15) is 13.6 Å². The van der Waals surface area contributed by atoms with Gasteiger partial charge in [-0.1, -0.05) is 44.2 Å². The van der Waals surface area contributed by atoms with Crippen LogP contribution in [0.25, 0.3) is 0 Å². The molecule has 0 aromatic heterocycles. The van der Waals surface area contributed by atoms with Gasteiger partial charge in [0.05, 0.1) is 6.04 Å². The zero-order valence-electron chi connectivity index (χ0n) is 15.3. The molecule has 2 rings (SSSR count). The molecule has 26 heavy (non-hydrogen) atoms. The topological polar surface area (TPSA) is 32.3 Å². The monoisotopic (exact) mass is 360 g/mol. The van der Waals surface area contributed by atoms with Crippen LogP contribution in [0.5, 0.6) is 0 Å². The molecule has 0 aliphatic rings. The molecule has 0 aliphatic carbocycles. The van der Waals surface area contributed by atoms with Gasteiger partial charge >= 0.3 is 0 Å². The van der Waals surface area contributed by atoms with Crippen LogP contribution in [0.15, 0.2) is 48.5 Å². The van der Waals surface area contributed by atoms with E-state index in [2.05, 4.69) is 36.2 Å². The van der Waals surface area contributed by atoms with Crippen LogP contribution in [0.3, 0.4) is 0 Å². The van der Waals surface area contributed by atoms with Crippen LogP contribution < -0.4 is 5.32 Å². The minimum Gasteiger partial charge on any atom is -0.354 e. The van der Waals surface area contributed by atoms with Gasteiger partial charge in [-0.05, 0) is 48.8 Å². The number of carbonyl (C=O) groups is 1. The third-order valence-electron chi connectivity index (χ3n) is 4.56. The van der Waals surface area contributed by atoms with E-state index in [1.807, 2.05) is 18.2 Å². The van der Waals surface area contributed by atoms with Crippen LogP contribution in [-0.2, 0) is 11.2 Å². The number of hydrogen-bond acceptors (Lipinski definition) is 2. The van der Waals surface area contributed by atoms with Gasteiger partial charge in [-0.2, -0.15) is 0 Å². The van der Waals surface area contributed by atoms with E-state index in [1.165, 1.54) is 0 Å². The van der Waals surface area contributed by atoms with Crippen molar-refractivity contribution in [2.75, 3.05) is 19.6 Å². The van der Waals surface area contributed by atoms with Crippen molar-refractivity contribution in [1.29, 1.82) is 0 Å². The second-order valence-corrected chi connectivity index (χ2v) is 6.19. The highest BCUT2D eigenvalue weighted by atomic mass is 19.1. The quantitative estimate of drug-likeness (QED) is 0.730. The molecule has 0 radical (unpaired) electrons. The van der Waals surface area contributed by atoms with Gasteiger partial charge < -0.3 is 5.32 Å². The Hall–Kier alpha value is -2.27. The van der Waals surface area contributed by atoms with E-state index in [0.29, 0.717) is 6.54 Å². The maximum absolute atomic E-state index is 13.6. The lowest BCUT2D eigenvalue weighted by molar-refractivity contribution is -0.121. The van der Waals surface area contributed by atoms with Gasteiger partial charge in [-0.3, -0.25) is 9.69 Å². The Morgan fingerprint density at radius 1 is 1.08 bits per heavy atom. The first-order chi connectivity index (χ1) is 12.5. The normalized spacial score (nSPS) is 12.2. The first kappa shape index (κ1) is 20.0. The third-order valence-corrected chi connectivity index (χ3v) is 4.56.